The molecule has 1 heterocycles. The highest BCUT2D eigenvalue weighted by molar-refractivity contribution is 5.89. The predicted octanol–water partition coefficient (Wildman–Crippen LogP) is 2.79. The number of carbonyl (C=O) groups is 2. The van der Waals surface area contributed by atoms with Crippen LogP contribution in [0.25, 0.3) is 0 Å². The van der Waals surface area contributed by atoms with Crippen LogP contribution in [0, 0.1) is 34.5 Å². The summed E-state index contributed by atoms with van der Waals surface area (Å²) in [4.78, 5) is 24.9. The molecule has 0 radical (unpaired) electrons. The standard InChI is InChI=1S/C23H36N2O3/c1-21(2,3)25-20(28)15-8-7-14-13-6-9-17-22(4,11-10-18(27)24-17)19(13)16(26)12-23(14,15)5/h10-11,13-17,19,26H,6-9,12H2,1-5H3,(H,24,27)(H,25,28). The molecule has 3 aliphatic carbocycles. The SMILES string of the molecule is CC(C)(C)NC(=O)C1CCC2C3CCC4NC(=O)C=CC4(C)C3C(O)CC12C. The molecule has 8 unspecified atom stereocenters. The van der Waals surface area contributed by atoms with Gasteiger partial charge in [-0.05, 0) is 82.1 Å². The van der Waals surface area contributed by atoms with Gasteiger partial charge < -0.3 is 15.7 Å². The largest absolute Gasteiger partial charge is 0.393 e. The van der Waals surface area contributed by atoms with Gasteiger partial charge in [-0.25, -0.2) is 0 Å². The van der Waals surface area contributed by atoms with Gasteiger partial charge in [0.25, 0.3) is 0 Å². The quantitative estimate of drug-likeness (QED) is 0.646. The zero-order valence-corrected chi connectivity index (χ0v) is 17.9. The number of carbonyl (C=O) groups excluding carboxylic acids is 2. The summed E-state index contributed by atoms with van der Waals surface area (Å²) in [6, 6.07) is 0.103. The van der Waals surface area contributed by atoms with Crippen molar-refractivity contribution in [3.05, 3.63) is 12.2 Å². The van der Waals surface area contributed by atoms with Crippen molar-refractivity contribution >= 4 is 11.8 Å². The average molecular weight is 389 g/mol. The van der Waals surface area contributed by atoms with Crippen LogP contribution in [0.2, 0.25) is 0 Å². The third-order valence-electron chi connectivity index (χ3n) is 8.43. The Bertz CT molecular complexity index is 711. The van der Waals surface area contributed by atoms with Crippen molar-refractivity contribution in [3.63, 3.8) is 0 Å². The number of fused-ring (bicyclic) bond motifs is 5. The van der Waals surface area contributed by atoms with Crippen LogP contribution in [0.5, 0.6) is 0 Å². The van der Waals surface area contributed by atoms with E-state index >= 15 is 0 Å². The van der Waals surface area contributed by atoms with Crippen LogP contribution in [-0.2, 0) is 9.59 Å². The molecule has 4 aliphatic rings. The van der Waals surface area contributed by atoms with Crippen molar-refractivity contribution in [1.82, 2.24) is 10.6 Å². The maximum Gasteiger partial charge on any atom is 0.243 e. The van der Waals surface area contributed by atoms with E-state index in [2.05, 4.69) is 30.6 Å². The van der Waals surface area contributed by atoms with E-state index in [1.54, 1.807) is 6.08 Å². The minimum Gasteiger partial charge on any atom is -0.393 e. The zero-order chi connectivity index (χ0) is 20.5. The molecule has 0 aromatic rings. The topological polar surface area (TPSA) is 78.4 Å². The Hall–Kier alpha value is -1.36. The van der Waals surface area contributed by atoms with E-state index in [1.165, 1.54) is 0 Å². The van der Waals surface area contributed by atoms with Gasteiger partial charge in [-0.2, -0.15) is 0 Å². The number of hydrogen-bond acceptors (Lipinski definition) is 3. The van der Waals surface area contributed by atoms with Crippen molar-refractivity contribution in [2.24, 2.45) is 34.5 Å². The Labute approximate surface area is 168 Å². The van der Waals surface area contributed by atoms with Crippen molar-refractivity contribution < 1.29 is 14.7 Å². The van der Waals surface area contributed by atoms with Gasteiger partial charge in [0.15, 0.2) is 0 Å². The summed E-state index contributed by atoms with van der Waals surface area (Å²) < 4.78 is 0. The van der Waals surface area contributed by atoms with Crippen LogP contribution in [0.1, 0.15) is 66.7 Å². The molecule has 3 saturated carbocycles. The molecule has 0 bridgehead atoms. The fraction of sp³-hybridized carbons (Fsp3) is 0.826. The maximum absolute atomic E-state index is 13.1. The maximum atomic E-state index is 13.1. The Morgan fingerprint density at radius 3 is 2.61 bits per heavy atom. The molecule has 8 atom stereocenters. The molecule has 156 valence electrons. The van der Waals surface area contributed by atoms with Gasteiger partial charge in [-0.1, -0.05) is 19.9 Å². The van der Waals surface area contributed by atoms with Gasteiger partial charge in [0.2, 0.25) is 11.8 Å². The van der Waals surface area contributed by atoms with E-state index in [0.29, 0.717) is 18.3 Å². The summed E-state index contributed by atoms with van der Waals surface area (Å²) in [7, 11) is 0. The number of nitrogens with one attached hydrogen (secondary N) is 2. The van der Waals surface area contributed by atoms with Gasteiger partial charge >= 0.3 is 0 Å². The molecule has 0 aromatic carbocycles. The number of aliphatic hydroxyl groups is 1. The molecule has 1 aliphatic heterocycles. The van der Waals surface area contributed by atoms with Crippen molar-refractivity contribution in [2.45, 2.75) is 84.4 Å². The van der Waals surface area contributed by atoms with Gasteiger partial charge in [0.05, 0.1) is 6.10 Å². The molecule has 5 heteroatoms. The van der Waals surface area contributed by atoms with Crippen LogP contribution < -0.4 is 10.6 Å². The van der Waals surface area contributed by atoms with Gasteiger partial charge in [0, 0.05) is 22.9 Å². The molecule has 4 rings (SSSR count). The van der Waals surface area contributed by atoms with E-state index in [0.717, 1.165) is 25.7 Å². The first kappa shape index (κ1) is 19.9. The summed E-state index contributed by atoms with van der Waals surface area (Å²) in [5, 5.41) is 17.7. The Kier molecular flexibility index (Phi) is 4.50. The second-order valence-corrected chi connectivity index (χ2v) is 11.3. The average Bonchev–Trinajstić information content (AvgIpc) is 2.90. The lowest BCUT2D eigenvalue weighted by molar-refractivity contribution is -0.152. The Morgan fingerprint density at radius 2 is 1.93 bits per heavy atom. The summed E-state index contributed by atoms with van der Waals surface area (Å²) in [5.41, 5.74) is -0.595. The van der Waals surface area contributed by atoms with Crippen LogP contribution in [-0.4, -0.2) is 34.6 Å². The first-order valence-corrected chi connectivity index (χ1v) is 11.0. The Balaban J connectivity index is 1.63. The number of amides is 2. The van der Waals surface area contributed by atoms with E-state index in [1.807, 2.05) is 20.8 Å². The molecule has 0 saturated heterocycles. The second kappa shape index (κ2) is 6.32. The predicted molar refractivity (Wildman–Crippen MR) is 108 cm³/mol. The molecule has 2 amide bonds. The molecule has 5 nitrogen and oxygen atoms in total. The van der Waals surface area contributed by atoms with E-state index in [9.17, 15) is 14.7 Å². The van der Waals surface area contributed by atoms with E-state index < -0.39 is 6.10 Å². The first-order chi connectivity index (χ1) is 13.0. The monoisotopic (exact) mass is 388 g/mol. The molecule has 3 fully saturated rings. The number of rotatable bonds is 1. The van der Waals surface area contributed by atoms with E-state index in [-0.39, 0.29) is 46.1 Å². The van der Waals surface area contributed by atoms with Gasteiger partial charge in [-0.15, -0.1) is 0 Å². The molecular weight excluding hydrogens is 352 g/mol. The van der Waals surface area contributed by atoms with Crippen LogP contribution >= 0.6 is 0 Å². The lowest BCUT2D eigenvalue weighted by atomic mass is 9.47. The molecule has 3 N–H and O–H groups in total. The smallest absolute Gasteiger partial charge is 0.243 e. The number of aliphatic hydroxyl groups excluding tert-OH is 1. The van der Waals surface area contributed by atoms with E-state index in [4.69, 9.17) is 0 Å². The second-order valence-electron chi connectivity index (χ2n) is 11.3. The van der Waals surface area contributed by atoms with Crippen molar-refractivity contribution in [3.8, 4) is 0 Å². The third-order valence-corrected chi connectivity index (χ3v) is 8.43. The van der Waals surface area contributed by atoms with Crippen LogP contribution in [0.4, 0.5) is 0 Å². The van der Waals surface area contributed by atoms with Crippen molar-refractivity contribution in [1.29, 1.82) is 0 Å². The zero-order valence-electron chi connectivity index (χ0n) is 17.9. The summed E-state index contributed by atoms with van der Waals surface area (Å²) >= 11 is 0. The van der Waals surface area contributed by atoms with Crippen molar-refractivity contribution in [2.75, 3.05) is 0 Å². The molecule has 28 heavy (non-hydrogen) atoms. The Morgan fingerprint density at radius 1 is 1.21 bits per heavy atom. The molecule has 0 spiro atoms. The highest BCUT2D eigenvalue weighted by Gasteiger charge is 2.63. The van der Waals surface area contributed by atoms with Gasteiger partial charge in [0.1, 0.15) is 0 Å². The lowest BCUT2D eigenvalue weighted by Crippen LogP contribution is -2.63. The minimum absolute atomic E-state index is 0.0177. The summed E-state index contributed by atoms with van der Waals surface area (Å²) in [6.45, 7) is 10.5. The fourth-order valence-corrected chi connectivity index (χ4v) is 7.35. The number of hydrogen-bond donors (Lipinski definition) is 3. The minimum atomic E-state index is -0.443. The highest BCUT2D eigenvalue weighted by atomic mass is 16.3. The molecular formula is C23H36N2O3. The fourth-order valence-electron chi connectivity index (χ4n) is 7.35. The normalized spacial score (nSPS) is 47.6. The first-order valence-electron chi connectivity index (χ1n) is 11.0. The lowest BCUT2D eigenvalue weighted by Gasteiger charge is -2.60. The summed E-state index contributed by atoms with van der Waals surface area (Å²) in [5.74, 6) is 1.11. The summed E-state index contributed by atoms with van der Waals surface area (Å²) in [6.07, 6.45) is 7.86. The van der Waals surface area contributed by atoms with Gasteiger partial charge in [-0.3, -0.25) is 9.59 Å². The highest BCUT2D eigenvalue weighted by Crippen LogP contribution is 2.65. The van der Waals surface area contributed by atoms with Crippen LogP contribution in [0.3, 0.4) is 0 Å². The van der Waals surface area contributed by atoms with Crippen LogP contribution in [0.15, 0.2) is 12.2 Å². The molecule has 0 aromatic heterocycles. The third kappa shape index (κ3) is 2.92.